The summed E-state index contributed by atoms with van der Waals surface area (Å²) in [6.45, 7) is 5.88. The Kier molecular flexibility index (Phi) is 4.55. The average molecular weight is 242 g/mol. The highest BCUT2D eigenvalue weighted by molar-refractivity contribution is 5.82. The van der Waals surface area contributed by atoms with Crippen molar-refractivity contribution < 1.29 is 9.90 Å². The first-order chi connectivity index (χ1) is 7.75. The first-order valence-electron chi connectivity index (χ1n) is 6.45. The van der Waals surface area contributed by atoms with E-state index in [0.29, 0.717) is 0 Å². The molecule has 0 spiro atoms. The minimum absolute atomic E-state index is 0.0651. The molecule has 0 aromatic heterocycles. The standard InChI is InChI=1S/C13H26N2O2/c1-13(2,3)11(14)12(17)15(4)9-7-5-6-8-10(9)16/h9-11,16H,5-8,14H2,1-4H3/t9?,10?,11-/m0/s1. The van der Waals surface area contributed by atoms with Crippen molar-refractivity contribution in [1.29, 1.82) is 0 Å². The molecule has 0 aromatic carbocycles. The van der Waals surface area contributed by atoms with Gasteiger partial charge in [0.15, 0.2) is 0 Å². The lowest BCUT2D eigenvalue weighted by atomic mass is 9.85. The lowest BCUT2D eigenvalue weighted by Crippen LogP contribution is -2.55. The van der Waals surface area contributed by atoms with Crippen LogP contribution in [0.15, 0.2) is 0 Å². The van der Waals surface area contributed by atoms with Crippen LogP contribution in [-0.2, 0) is 4.79 Å². The zero-order valence-electron chi connectivity index (χ0n) is 11.4. The van der Waals surface area contributed by atoms with Gasteiger partial charge < -0.3 is 15.7 Å². The molecule has 4 heteroatoms. The van der Waals surface area contributed by atoms with E-state index in [-0.39, 0.29) is 17.4 Å². The summed E-state index contributed by atoms with van der Waals surface area (Å²) in [5, 5.41) is 9.94. The molecular formula is C13H26N2O2. The Bertz CT molecular complexity index is 273. The smallest absolute Gasteiger partial charge is 0.240 e. The zero-order valence-corrected chi connectivity index (χ0v) is 11.4. The molecule has 3 N–H and O–H groups in total. The summed E-state index contributed by atoms with van der Waals surface area (Å²) in [6.07, 6.45) is 3.38. The number of carbonyl (C=O) groups is 1. The number of likely N-dealkylation sites (N-methyl/N-ethyl adjacent to an activating group) is 1. The van der Waals surface area contributed by atoms with Gasteiger partial charge in [-0.15, -0.1) is 0 Å². The Morgan fingerprint density at radius 2 is 1.88 bits per heavy atom. The van der Waals surface area contributed by atoms with Gasteiger partial charge in [-0.25, -0.2) is 0 Å². The maximum absolute atomic E-state index is 12.2. The molecule has 0 saturated heterocycles. The van der Waals surface area contributed by atoms with Crippen molar-refractivity contribution in [2.24, 2.45) is 11.1 Å². The fourth-order valence-electron chi connectivity index (χ4n) is 2.30. The summed E-state index contributed by atoms with van der Waals surface area (Å²) in [7, 11) is 1.76. The lowest BCUT2D eigenvalue weighted by molar-refractivity contribution is -0.139. The Balaban J connectivity index is 2.68. The number of hydrogen-bond acceptors (Lipinski definition) is 3. The average Bonchev–Trinajstić information content (AvgIpc) is 2.25. The van der Waals surface area contributed by atoms with Crippen LogP contribution in [0, 0.1) is 5.41 Å². The minimum atomic E-state index is -0.512. The van der Waals surface area contributed by atoms with Gasteiger partial charge in [0.05, 0.1) is 18.2 Å². The van der Waals surface area contributed by atoms with Gasteiger partial charge in [-0.05, 0) is 18.3 Å². The van der Waals surface area contributed by atoms with Crippen molar-refractivity contribution in [3.05, 3.63) is 0 Å². The number of aliphatic hydroxyl groups is 1. The van der Waals surface area contributed by atoms with Crippen LogP contribution in [0.3, 0.4) is 0 Å². The molecule has 0 aliphatic heterocycles. The predicted octanol–water partition coefficient (Wildman–Crippen LogP) is 1.12. The molecule has 1 fully saturated rings. The molecule has 0 heterocycles. The summed E-state index contributed by atoms with van der Waals surface area (Å²) >= 11 is 0. The first kappa shape index (κ1) is 14.5. The van der Waals surface area contributed by atoms with Crippen LogP contribution in [0.2, 0.25) is 0 Å². The van der Waals surface area contributed by atoms with E-state index in [1.165, 1.54) is 0 Å². The normalized spacial score (nSPS) is 27.6. The van der Waals surface area contributed by atoms with E-state index < -0.39 is 12.1 Å². The maximum Gasteiger partial charge on any atom is 0.240 e. The van der Waals surface area contributed by atoms with E-state index in [9.17, 15) is 9.90 Å². The van der Waals surface area contributed by atoms with E-state index in [4.69, 9.17) is 5.73 Å². The molecule has 1 amide bonds. The number of aliphatic hydroxyl groups excluding tert-OH is 1. The van der Waals surface area contributed by atoms with Crippen LogP contribution in [-0.4, -0.2) is 41.1 Å². The van der Waals surface area contributed by atoms with E-state index in [2.05, 4.69) is 0 Å². The third kappa shape index (κ3) is 3.42. The van der Waals surface area contributed by atoms with Gasteiger partial charge in [-0.1, -0.05) is 33.6 Å². The van der Waals surface area contributed by atoms with Crippen LogP contribution >= 0.6 is 0 Å². The molecule has 0 aromatic rings. The maximum atomic E-state index is 12.2. The van der Waals surface area contributed by atoms with Crippen molar-refractivity contribution in [3.63, 3.8) is 0 Å². The second kappa shape index (κ2) is 5.36. The topological polar surface area (TPSA) is 66.6 Å². The third-order valence-corrected chi connectivity index (χ3v) is 3.74. The van der Waals surface area contributed by atoms with Gasteiger partial charge >= 0.3 is 0 Å². The van der Waals surface area contributed by atoms with Gasteiger partial charge in [0, 0.05) is 7.05 Å². The molecule has 4 nitrogen and oxygen atoms in total. The van der Waals surface area contributed by atoms with E-state index in [1.807, 2.05) is 20.8 Å². The van der Waals surface area contributed by atoms with Crippen LogP contribution < -0.4 is 5.73 Å². The monoisotopic (exact) mass is 242 g/mol. The molecule has 1 rings (SSSR count). The minimum Gasteiger partial charge on any atom is -0.391 e. The molecule has 1 aliphatic carbocycles. The summed E-state index contributed by atoms with van der Waals surface area (Å²) in [4.78, 5) is 13.9. The quantitative estimate of drug-likeness (QED) is 0.762. The van der Waals surface area contributed by atoms with Crippen molar-refractivity contribution >= 4 is 5.91 Å². The molecule has 17 heavy (non-hydrogen) atoms. The molecule has 1 aliphatic rings. The van der Waals surface area contributed by atoms with Crippen LogP contribution in [0.25, 0.3) is 0 Å². The second-order valence-corrected chi connectivity index (χ2v) is 6.21. The zero-order chi connectivity index (χ0) is 13.2. The van der Waals surface area contributed by atoms with E-state index in [0.717, 1.165) is 25.7 Å². The van der Waals surface area contributed by atoms with Crippen molar-refractivity contribution in [2.75, 3.05) is 7.05 Å². The number of carbonyl (C=O) groups excluding carboxylic acids is 1. The number of nitrogens with zero attached hydrogens (tertiary/aromatic N) is 1. The number of nitrogens with two attached hydrogens (primary N) is 1. The second-order valence-electron chi connectivity index (χ2n) is 6.21. The summed E-state index contributed by atoms with van der Waals surface area (Å²) in [5.74, 6) is -0.0662. The van der Waals surface area contributed by atoms with Crippen LogP contribution in [0.1, 0.15) is 46.5 Å². The molecule has 0 radical (unpaired) electrons. The molecule has 1 saturated carbocycles. The number of hydrogen-bond donors (Lipinski definition) is 2. The van der Waals surface area contributed by atoms with Gasteiger partial charge in [-0.3, -0.25) is 4.79 Å². The largest absolute Gasteiger partial charge is 0.391 e. The molecule has 2 unspecified atom stereocenters. The third-order valence-electron chi connectivity index (χ3n) is 3.74. The number of rotatable bonds is 2. The Morgan fingerprint density at radius 1 is 1.35 bits per heavy atom. The summed E-state index contributed by atoms with van der Waals surface area (Å²) in [6, 6.07) is -0.578. The fraction of sp³-hybridized carbons (Fsp3) is 0.923. The molecule has 3 atom stereocenters. The summed E-state index contributed by atoms with van der Waals surface area (Å²) < 4.78 is 0. The Hall–Kier alpha value is -0.610. The highest BCUT2D eigenvalue weighted by atomic mass is 16.3. The van der Waals surface area contributed by atoms with E-state index in [1.54, 1.807) is 11.9 Å². The Labute approximate surface area is 104 Å². The van der Waals surface area contributed by atoms with Gasteiger partial charge in [0.25, 0.3) is 0 Å². The van der Waals surface area contributed by atoms with E-state index >= 15 is 0 Å². The van der Waals surface area contributed by atoms with Gasteiger partial charge in [-0.2, -0.15) is 0 Å². The fourth-order valence-corrected chi connectivity index (χ4v) is 2.30. The van der Waals surface area contributed by atoms with Gasteiger partial charge in [0.1, 0.15) is 0 Å². The Morgan fingerprint density at radius 3 is 2.35 bits per heavy atom. The van der Waals surface area contributed by atoms with Gasteiger partial charge in [0.2, 0.25) is 5.91 Å². The SMILES string of the molecule is CN(C(=O)[C@H](N)C(C)(C)C)C1CCCCC1O. The lowest BCUT2D eigenvalue weighted by Gasteiger charge is -2.38. The predicted molar refractivity (Wildman–Crippen MR) is 68.5 cm³/mol. The van der Waals surface area contributed by atoms with Crippen LogP contribution in [0.4, 0.5) is 0 Å². The van der Waals surface area contributed by atoms with Crippen LogP contribution in [0.5, 0.6) is 0 Å². The van der Waals surface area contributed by atoms with Crippen molar-refractivity contribution in [1.82, 2.24) is 4.90 Å². The number of amides is 1. The molecule has 0 bridgehead atoms. The van der Waals surface area contributed by atoms with Crippen molar-refractivity contribution in [2.45, 2.75) is 64.6 Å². The summed E-state index contributed by atoms with van der Waals surface area (Å²) in [5.41, 5.74) is 5.73. The highest BCUT2D eigenvalue weighted by Gasteiger charge is 2.35. The van der Waals surface area contributed by atoms with Crippen molar-refractivity contribution in [3.8, 4) is 0 Å². The first-order valence-corrected chi connectivity index (χ1v) is 6.45. The molecule has 100 valence electrons. The highest BCUT2D eigenvalue weighted by Crippen LogP contribution is 2.25. The molecular weight excluding hydrogens is 216 g/mol.